The van der Waals surface area contributed by atoms with E-state index >= 15 is 0 Å². The molecule has 2 aromatic rings. The van der Waals surface area contributed by atoms with Gasteiger partial charge in [0.2, 0.25) is 5.91 Å². The van der Waals surface area contributed by atoms with Gasteiger partial charge in [0, 0.05) is 55.4 Å². The number of hydrogen-bond donors (Lipinski definition) is 4. The molecule has 0 spiro atoms. The molecule has 14 nitrogen and oxygen atoms in total. The van der Waals surface area contributed by atoms with E-state index < -0.39 is 49.5 Å². The van der Waals surface area contributed by atoms with Gasteiger partial charge >= 0.3 is 17.4 Å². The Hall–Kier alpha value is -3.28. The first-order valence-electron chi connectivity index (χ1n) is 14.9. The Morgan fingerprint density at radius 2 is 1.70 bits per heavy atom. The first-order chi connectivity index (χ1) is 21.8. The second-order valence-corrected chi connectivity index (χ2v) is 17.4. The van der Waals surface area contributed by atoms with Crippen LogP contribution in [0, 0.1) is 0 Å². The van der Waals surface area contributed by atoms with Gasteiger partial charge in [-0.25, -0.2) is 13.8 Å². The molecule has 1 aromatic heterocycles. The van der Waals surface area contributed by atoms with Crippen molar-refractivity contribution in [3.8, 4) is 0 Å². The zero-order chi connectivity index (χ0) is 34.8. The Bertz CT molecular complexity index is 1560. The van der Waals surface area contributed by atoms with Crippen molar-refractivity contribution in [1.82, 2.24) is 24.4 Å². The summed E-state index contributed by atoms with van der Waals surface area (Å²) < 4.78 is 41.7. The third-order valence-corrected chi connectivity index (χ3v) is 11.7. The number of urea groups is 1. The third kappa shape index (κ3) is 8.80. The van der Waals surface area contributed by atoms with Crippen molar-refractivity contribution in [1.29, 1.82) is 0 Å². The second-order valence-electron chi connectivity index (χ2n) is 12.9. The summed E-state index contributed by atoms with van der Waals surface area (Å²) in [4.78, 5) is 57.9. The molecule has 0 bridgehead atoms. The number of esters is 1. The van der Waals surface area contributed by atoms with Gasteiger partial charge in [0.05, 0.1) is 10.8 Å². The first kappa shape index (κ1) is 36.6. The molecule has 17 heteroatoms. The smallest absolute Gasteiger partial charge is 0.329 e. The molecule has 47 heavy (non-hydrogen) atoms. The molecule has 2 aliphatic heterocycles. The van der Waals surface area contributed by atoms with Gasteiger partial charge < -0.3 is 25.2 Å². The molecule has 4 rings (SSSR count). The lowest BCUT2D eigenvalue weighted by molar-refractivity contribution is -0.158. The minimum Gasteiger partial charge on any atom is -0.458 e. The maximum Gasteiger partial charge on any atom is 0.329 e. The maximum atomic E-state index is 13.9. The highest BCUT2D eigenvalue weighted by atomic mass is 35.5. The topological polar surface area (TPSA) is 182 Å². The highest BCUT2D eigenvalue weighted by Crippen LogP contribution is 2.47. The SMILES string of the molecule is CC(C)(C)OC(=O)[C@H](Cc1ccc(NC(=O)N2CCN(C(=O)Cl)CC2)cc1)NC(=O)[C@H]1N(S(=O)(O)(O)c2cccnc2)CSC1(C)C. The molecule has 1 aromatic carbocycles. The molecule has 258 valence electrons. The molecule has 2 atom stereocenters. The molecule has 0 saturated carbocycles. The van der Waals surface area contributed by atoms with Crippen molar-refractivity contribution in [2.45, 2.75) is 68.4 Å². The van der Waals surface area contributed by atoms with Crippen molar-refractivity contribution >= 4 is 62.1 Å². The van der Waals surface area contributed by atoms with Gasteiger partial charge in [0.25, 0.3) is 0 Å². The largest absolute Gasteiger partial charge is 0.458 e. The maximum absolute atomic E-state index is 13.9. The van der Waals surface area contributed by atoms with E-state index in [1.807, 2.05) is 0 Å². The lowest BCUT2D eigenvalue weighted by Crippen LogP contribution is -2.62. The predicted molar refractivity (Wildman–Crippen MR) is 179 cm³/mol. The van der Waals surface area contributed by atoms with Crippen molar-refractivity contribution in [3.63, 3.8) is 0 Å². The molecule has 2 fully saturated rings. The zero-order valence-corrected chi connectivity index (χ0v) is 29.2. The number of ether oxygens (including phenoxy) is 1. The summed E-state index contributed by atoms with van der Waals surface area (Å²) in [7, 11) is -5.72. The molecule has 0 unspecified atom stereocenters. The number of thioether (sulfide) groups is 1. The number of benzene rings is 1. The van der Waals surface area contributed by atoms with Crippen molar-refractivity contribution in [2.75, 3.05) is 37.4 Å². The molecular formula is C30H41ClN6O8S2. The van der Waals surface area contributed by atoms with Crippen molar-refractivity contribution < 1.29 is 37.2 Å². The number of anilines is 1. The highest BCUT2D eigenvalue weighted by molar-refractivity contribution is 8.09. The Kier molecular flexibility index (Phi) is 10.6. The van der Waals surface area contributed by atoms with Crippen LogP contribution >= 0.6 is 23.4 Å². The Labute approximate surface area is 283 Å². The van der Waals surface area contributed by atoms with E-state index in [1.54, 1.807) is 63.8 Å². The summed E-state index contributed by atoms with van der Waals surface area (Å²) in [6.45, 7) is 9.82. The Morgan fingerprint density at radius 3 is 2.26 bits per heavy atom. The van der Waals surface area contributed by atoms with Crippen molar-refractivity contribution in [3.05, 3.63) is 54.4 Å². The van der Waals surface area contributed by atoms with Crippen LogP contribution < -0.4 is 10.6 Å². The minimum atomic E-state index is -5.72. The number of halogens is 1. The molecule has 2 saturated heterocycles. The van der Waals surface area contributed by atoms with Gasteiger partial charge in [-0.15, -0.1) is 11.8 Å². The van der Waals surface area contributed by atoms with Crippen LogP contribution in [0.2, 0.25) is 0 Å². The monoisotopic (exact) mass is 712 g/mol. The number of carbonyl (C=O) groups excluding carboxylic acids is 4. The summed E-state index contributed by atoms with van der Waals surface area (Å²) >= 11 is 6.73. The van der Waals surface area contributed by atoms with Crippen LogP contribution in [0.3, 0.4) is 0 Å². The standard InChI is InChI=1S/C30H41ClN6O8S2/c1-29(2,3)45-26(39)23(17-20-8-10-21(11-9-20)33-28(41)36-15-13-35(14-16-36)27(31)40)34-25(38)24-30(4,5)46-19-37(24)47(42,43,44)22-7-6-12-32-18-22/h6-12,18,23-24H,13-17,19H2,1-5H3,(H,33,41)(H,34,38)(H2,42,43,44)/t23-,24+/m0/s1. The summed E-state index contributed by atoms with van der Waals surface area (Å²) in [5, 5.41) is 4.97. The van der Waals surface area contributed by atoms with Crippen LogP contribution in [0.4, 0.5) is 15.3 Å². The number of piperazine rings is 1. The van der Waals surface area contributed by atoms with E-state index in [2.05, 4.69) is 15.6 Å². The van der Waals surface area contributed by atoms with Gasteiger partial charge in [-0.05, 0) is 76.0 Å². The van der Waals surface area contributed by atoms with E-state index in [0.29, 0.717) is 37.4 Å². The van der Waals surface area contributed by atoms with E-state index in [9.17, 15) is 32.5 Å². The number of carbonyl (C=O) groups is 4. The summed E-state index contributed by atoms with van der Waals surface area (Å²) in [6, 6.07) is 6.50. The molecule has 0 aliphatic carbocycles. The van der Waals surface area contributed by atoms with Crippen LogP contribution in [0.15, 0.2) is 53.7 Å². The van der Waals surface area contributed by atoms with Gasteiger partial charge in [0.1, 0.15) is 17.7 Å². The number of amides is 4. The number of pyridine rings is 1. The lowest BCUT2D eigenvalue weighted by atomic mass is 10.0. The fraction of sp³-hybridized carbons (Fsp3) is 0.500. The van der Waals surface area contributed by atoms with Crippen LogP contribution in [-0.4, -0.2) is 110 Å². The summed E-state index contributed by atoms with van der Waals surface area (Å²) in [5.74, 6) is -1.62. The molecular weight excluding hydrogens is 672 g/mol. The zero-order valence-electron chi connectivity index (χ0n) is 26.8. The molecule has 0 radical (unpaired) electrons. The number of nitrogens with one attached hydrogen (secondary N) is 2. The van der Waals surface area contributed by atoms with Gasteiger partial charge in [-0.3, -0.25) is 23.7 Å². The van der Waals surface area contributed by atoms with Gasteiger partial charge in [0.15, 0.2) is 9.81 Å². The quantitative estimate of drug-likeness (QED) is 0.178. The van der Waals surface area contributed by atoms with Crippen LogP contribution in [0.1, 0.15) is 40.2 Å². The van der Waals surface area contributed by atoms with Crippen LogP contribution in [0.25, 0.3) is 0 Å². The number of aromatic nitrogens is 1. The Morgan fingerprint density at radius 1 is 1.09 bits per heavy atom. The molecule has 4 amide bonds. The van der Waals surface area contributed by atoms with E-state index in [1.165, 1.54) is 35.0 Å². The first-order valence-corrected chi connectivity index (χ1v) is 18.1. The number of hydrogen-bond acceptors (Lipinski definition) is 8. The fourth-order valence-corrected chi connectivity index (χ4v) is 8.95. The molecule has 4 N–H and O–H groups in total. The summed E-state index contributed by atoms with van der Waals surface area (Å²) in [6.07, 6.45) is 2.46. The third-order valence-electron chi connectivity index (χ3n) is 7.70. The molecule has 3 heterocycles. The number of rotatable bonds is 8. The van der Waals surface area contributed by atoms with Gasteiger partial charge in [-0.2, -0.15) is 4.31 Å². The predicted octanol–water partition coefficient (Wildman–Crippen LogP) is 3.85. The lowest BCUT2D eigenvalue weighted by Gasteiger charge is -2.43. The average Bonchev–Trinajstić information content (AvgIpc) is 3.33. The van der Waals surface area contributed by atoms with Crippen LogP contribution in [0.5, 0.6) is 0 Å². The van der Waals surface area contributed by atoms with Crippen LogP contribution in [-0.2, 0) is 30.6 Å². The fourth-order valence-electron chi connectivity index (χ4n) is 5.22. The second kappa shape index (κ2) is 13.7. The van der Waals surface area contributed by atoms with Gasteiger partial charge in [-0.1, -0.05) is 12.1 Å². The normalized spacial score (nSPS) is 20.1. The Balaban J connectivity index is 1.51. The van der Waals surface area contributed by atoms with Crippen molar-refractivity contribution in [2.24, 2.45) is 0 Å². The average molecular weight is 713 g/mol. The highest BCUT2D eigenvalue weighted by Gasteiger charge is 2.57. The van der Waals surface area contributed by atoms with E-state index in [4.69, 9.17) is 16.3 Å². The molecule has 2 aliphatic rings. The van der Waals surface area contributed by atoms with E-state index in [0.717, 1.165) is 10.5 Å². The van der Waals surface area contributed by atoms with E-state index in [-0.39, 0.29) is 23.2 Å². The minimum absolute atomic E-state index is 0.00356. The summed E-state index contributed by atoms with van der Waals surface area (Å²) in [5.41, 5.74) is 0.253. The number of nitrogens with zero attached hydrogens (tertiary/aromatic N) is 4.